The number of hydrogen-bond donors (Lipinski definition) is 2. The van der Waals surface area contributed by atoms with Crippen molar-refractivity contribution in [3.63, 3.8) is 0 Å². The highest BCUT2D eigenvalue weighted by Gasteiger charge is 2.03. The fraction of sp³-hybridized carbons (Fsp3) is 0.417. The van der Waals surface area contributed by atoms with E-state index in [9.17, 15) is 4.79 Å². The van der Waals surface area contributed by atoms with Gasteiger partial charge in [0.05, 0.1) is 0 Å². The second-order valence-corrected chi connectivity index (χ2v) is 3.74. The van der Waals surface area contributed by atoms with Gasteiger partial charge in [0, 0.05) is 13.1 Å². The van der Waals surface area contributed by atoms with Gasteiger partial charge in [-0.2, -0.15) is 0 Å². The molecule has 0 saturated carbocycles. The summed E-state index contributed by atoms with van der Waals surface area (Å²) in [6.07, 6.45) is -0.416. The predicted molar refractivity (Wildman–Crippen MR) is 63.9 cm³/mol. The number of likely N-dealkylation sites (N-methyl/N-ethyl adjacent to an activating group) is 1. The number of nitrogens with one attached hydrogen (secondary N) is 2. The second-order valence-electron chi connectivity index (χ2n) is 3.74. The van der Waals surface area contributed by atoms with Crippen LogP contribution in [0.2, 0.25) is 0 Å². The Kier molecular flexibility index (Phi) is 4.79. The molecule has 1 aromatic carbocycles. The molecule has 4 heteroatoms. The third-order valence-electron chi connectivity index (χ3n) is 2.05. The molecule has 16 heavy (non-hydrogen) atoms. The predicted octanol–water partition coefficient (Wildman–Crippen LogP) is 1.61. The van der Waals surface area contributed by atoms with Crippen molar-refractivity contribution in [2.75, 3.05) is 20.1 Å². The molecule has 0 spiro atoms. The van der Waals surface area contributed by atoms with Crippen LogP contribution in [0.3, 0.4) is 0 Å². The first-order valence-corrected chi connectivity index (χ1v) is 5.30. The van der Waals surface area contributed by atoms with Crippen LogP contribution in [0.25, 0.3) is 0 Å². The number of benzene rings is 1. The molecule has 0 atom stereocenters. The Morgan fingerprint density at radius 1 is 1.19 bits per heavy atom. The second kappa shape index (κ2) is 6.12. The van der Waals surface area contributed by atoms with Crippen molar-refractivity contribution in [1.29, 1.82) is 0 Å². The minimum Gasteiger partial charge on any atom is -0.410 e. The highest BCUT2D eigenvalue weighted by Crippen LogP contribution is 2.16. The van der Waals surface area contributed by atoms with Crippen LogP contribution >= 0.6 is 0 Å². The monoisotopic (exact) mass is 222 g/mol. The number of aryl methyl sites for hydroxylation is 2. The Morgan fingerprint density at radius 3 is 2.38 bits per heavy atom. The molecule has 0 bridgehead atoms. The van der Waals surface area contributed by atoms with E-state index in [0.717, 1.165) is 17.7 Å². The molecule has 0 aliphatic carbocycles. The fourth-order valence-electron chi connectivity index (χ4n) is 1.42. The summed E-state index contributed by atoms with van der Waals surface area (Å²) in [5.41, 5.74) is 2.16. The molecule has 1 amide bonds. The normalized spacial score (nSPS) is 9.94. The van der Waals surface area contributed by atoms with Crippen molar-refractivity contribution in [3.05, 3.63) is 29.3 Å². The van der Waals surface area contributed by atoms with Gasteiger partial charge >= 0.3 is 6.09 Å². The highest BCUT2D eigenvalue weighted by atomic mass is 16.6. The summed E-state index contributed by atoms with van der Waals surface area (Å²) < 4.78 is 5.14. The summed E-state index contributed by atoms with van der Waals surface area (Å²) in [5, 5.41) is 5.58. The lowest BCUT2D eigenvalue weighted by atomic mass is 10.1. The lowest BCUT2D eigenvalue weighted by Crippen LogP contribution is -2.32. The molecule has 0 fully saturated rings. The van der Waals surface area contributed by atoms with Gasteiger partial charge in [-0.15, -0.1) is 0 Å². The van der Waals surface area contributed by atoms with E-state index >= 15 is 0 Å². The molecule has 0 unspecified atom stereocenters. The smallest absolute Gasteiger partial charge is 0.410 e. The van der Waals surface area contributed by atoms with E-state index in [1.54, 1.807) is 0 Å². The zero-order chi connectivity index (χ0) is 12.0. The minimum absolute atomic E-state index is 0.416. The van der Waals surface area contributed by atoms with E-state index in [-0.39, 0.29) is 0 Å². The van der Waals surface area contributed by atoms with E-state index in [1.807, 2.05) is 39.1 Å². The van der Waals surface area contributed by atoms with Crippen molar-refractivity contribution in [2.45, 2.75) is 13.8 Å². The topological polar surface area (TPSA) is 50.4 Å². The van der Waals surface area contributed by atoms with Crippen LogP contribution in [-0.2, 0) is 0 Å². The van der Waals surface area contributed by atoms with Crippen LogP contribution in [0.5, 0.6) is 5.75 Å². The van der Waals surface area contributed by atoms with Crippen molar-refractivity contribution in [2.24, 2.45) is 0 Å². The van der Waals surface area contributed by atoms with Crippen molar-refractivity contribution in [1.82, 2.24) is 10.6 Å². The van der Waals surface area contributed by atoms with Crippen molar-refractivity contribution < 1.29 is 9.53 Å². The van der Waals surface area contributed by atoms with Gasteiger partial charge < -0.3 is 15.4 Å². The van der Waals surface area contributed by atoms with Gasteiger partial charge in [0.15, 0.2) is 0 Å². The summed E-state index contributed by atoms with van der Waals surface area (Å²) >= 11 is 0. The SMILES string of the molecule is CNCCNC(=O)Oc1cc(C)cc(C)c1. The maximum absolute atomic E-state index is 11.3. The zero-order valence-electron chi connectivity index (χ0n) is 9.96. The Hall–Kier alpha value is -1.55. The first-order valence-electron chi connectivity index (χ1n) is 5.30. The lowest BCUT2D eigenvalue weighted by molar-refractivity contribution is 0.200. The van der Waals surface area contributed by atoms with Gasteiger partial charge in [0.25, 0.3) is 0 Å². The van der Waals surface area contributed by atoms with Crippen molar-refractivity contribution in [3.8, 4) is 5.75 Å². The molecule has 0 heterocycles. The summed E-state index contributed by atoms with van der Waals surface area (Å²) in [5.74, 6) is 0.583. The van der Waals surface area contributed by atoms with Crippen LogP contribution < -0.4 is 15.4 Å². The molecule has 1 rings (SSSR count). The van der Waals surface area contributed by atoms with Crippen LogP contribution in [0, 0.1) is 13.8 Å². The van der Waals surface area contributed by atoms with Gasteiger partial charge in [-0.1, -0.05) is 6.07 Å². The first kappa shape index (κ1) is 12.5. The summed E-state index contributed by atoms with van der Waals surface area (Å²) in [7, 11) is 1.83. The van der Waals surface area contributed by atoms with E-state index in [1.165, 1.54) is 0 Å². The largest absolute Gasteiger partial charge is 0.412 e. The van der Waals surface area contributed by atoms with Gasteiger partial charge in [-0.25, -0.2) is 4.79 Å². The van der Waals surface area contributed by atoms with Crippen LogP contribution in [0.4, 0.5) is 4.79 Å². The molecule has 2 N–H and O–H groups in total. The van der Waals surface area contributed by atoms with Crippen molar-refractivity contribution >= 4 is 6.09 Å². The Balaban J connectivity index is 2.49. The third-order valence-corrected chi connectivity index (χ3v) is 2.05. The average molecular weight is 222 g/mol. The Morgan fingerprint density at radius 2 is 1.81 bits per heavy atom. The number of hydrogen-bond acceptors (Lipinski definition) is 3. The van der Waals surface area contributed by atoms with Gasteiger partial charge in [0.2, 0.25) is 0 Å². The number of carbonyl (C=O) groups is 1. The zero-order valence-corrected chi connectivity index (χ0v) is 9.96. The molecule has 0 aliphatic heterocycles. The summed E-state index contributed by atoms with van der Waals surface area (Å²) in [6.45, 7) is 5.22. The minimum atomic E-state index is -0.416. The molecule has 88 valence electrons. The Labute approximate surface area is 96.0 Å². The fourth-order valence-corrected chi connectivity index (χ4v) is 1.42. The first-order chi connectivity index (χ1) is 7.61. The maximum Gasteiger partial charge on any atom is 0.412 e. The maximum atomic E-state index is 11.3. The molecule has 4 nitrogen and oxygen atoms in total. The average Bonchev–Trinajstić information content (AvgIpc) is 2.16. The van der Waals surface area contributed by atoms with Gasteiger partial charge in [-0.05, 0) is 44.2 Å². The van der Waals surface area contributed by atoms with Crippen LogP contribution in [-0.4, -0.2) is 26.2 Å². The summed E-state index contributed by atoms with van der Waals surface area (Å²) in [6, 6.07) is 5.71. The Bertz CT molecular complexity index is 344. The number of carbonyl (C=O) groups excluding carboxylic acids is 1. The molecule has 1 aromatic rings. The van der Waals surface area contributed by atoms with Gasteiger partial charge in [-0.3, -0.25) is 0 Å². The molecular formula is C12H18N2O2. The van der Waals surface area contributed by atoms with Crippen LogP contribution in [0.1, 0.15) is 11.1 Å². The highest BCUT2D eigenvalue weighted by molar-refractivity contribution is 5.70. The lowest BCUT2D eigenvalue weighted by Gasteiger charge is -2.07. The molecule has 0 aliphatic rings. The van der Waals surface area contributed by atoms with E-state index in [4.69, 9.17) is 4.74 Å². The summed E-state index contributed by atoms with van der Waals surface area (Å²) in [4.78, 5) is 11.3. The third kappa shape index (κ3) is 4.31. The molecule has 0 saturated heterocycles. The molecular weight excluding hydrogens is 204 g/mol. The van der Waals surface area contributed by atoms with Gasteiger partial charge in [0.1, 0.15) is 5.75 Å². The van der Waals surface area contributed by atoms with E-state index in [0.29, 0.717) is 12.3 Å². The van der Waals surface area contributed by atoms with E-state index < -0.39 is 6.09 Å². The van der Waals surface area contributed by atoms with Crippen LogP contribution in [0.15, 0.2) is 18.2 Å². The quantitative estimate of drug-likeness (QED) is 0.761. The number of rotatable bonds is 4. The number of amides is 1. The molecule has 0 radical (unpaired) electrons. The number of ether oxygens (including phenoxy) is 1. The standard InChI is InChI=1S/C12H18N2O2/c1-9-6-10(2)8-11(7-9)16-12(15)14-5-4-13-3/h6-8,13H,4-5H2,1-3H3,(H,14,15). The molecule has 0 aromatic heterocycles. The van der Waals surface area contributed by atoms with E-state index in [2.05, 4.69) is 10.6 Å².